The topological polar surface area (TPSA) is 61.3 Å². The van der Waals surface area contributed by atoms with E-state index in [0.717, 1.165) is 31.9 Å². The molecule has 0 aliphatic rings. The van der Waals surface area contributed by atoms with Crippen LogP contribution in [0.4, 0.5) is 0 Å². The fraction of sp³-hybridized carbons (Fsp3) is 1.00. The number of ether oxygens (including phenoxy) is 1. The Morgan fingerprint density at radius 1 is 1.08 bits per heavy atom. The van der Waals surface area contributed by atoms with Gasteiger partial charge in [-0.15, -0.1) is 0 Å². The van der Waals surface area contributed by atoms with Gasteiger partial charge < -0.3 is 16.2 Å². The van der Waals surface area contributed by atoms with Crippen LogP contribution in [-0.2, 0) is 4.74 Å². The van der Waals surface area contributed by atoms with Crippen LogP contribution >= 0.6 is 0 Å². The van der Waals surface area contributed by atoms with Gasteiger partial charge in [0.2, 0.25) is 0 Å². The van der Waals surface area contributed by atoms with Crippen LogP contribution in [0, 0.1) is 5.92 Å². The lowest BCUT2D eigenvalue weighted by molar-refractivity contribution is 0.127. The molecule has 0 radical (unpaired) electrons. The summed E-state index contributed by atoms with van der Waals surface area (Å²) in [6, 6.07) is 0. The van der Waals surface area contributed by atoms with Crippen molar-refractivity contribution in [3.05, 3.63) is 0 Å². The fourth-order valence-corrected chi connectivity index (χ4v) is 1.08. The molecule has 3 nitrogen and oxygen atoms in total. The number of hydrogen-bond donors (Lipinski definition) is 2. The van der Waals surface area contributed by atoms with Gasteiger partial charge in [0.15, 0.2) is 0 Å². The van der Waals surface area contributed by atoms with E-state index in [1.54, 1.807) is 0 Å². The predicted octanol–water partition coefficient (Wildman–Crippen LogP) is 0.727. The minimum absolute atomic E-state index is 0.622. The third-order valence-corrected chi connectivity index (χ3v) is 1.92. The summed E-state index contributed by atoms with van der Waals surface area (Å²) in [5, 5.41) is 0. The third kappa shape index (κ3) is 7.98. The van der Waals surface area contributed by atoms with E-state index in [1.165, 1.54) is 6.42 Å². The zero-order chi connectivity index (χ0) is 9.23. The Morgan fingerprint density at radius 2 is 1.83 bits per heavy atom. The maximum Gasteiger partial charge on any atom is 0.0588 e. The minimum atomic E-state index is 0.622. The molecule has 0 fully saturated rings. The van der Waals surface area contributed by atoms with Crippen LogP contribution in [0.3, 0.4) is 0 Å². The Labute approximate surface area is 75.5 Å². The molecule has 0 amide bonds. The lowest BCUT2D eigenvalue weighted by Gasteiger charge is -2.10. The van der Waals surface area contributed by atoms with E-state index in [2.05, 4.69) is 6.92 Å². The van der Waals surface area contributed by atoms with Gasteiger partial charge in [-0.2, -0.15) is 0 Å². The van der Waals surface area contributed by atoms with Crippen molar-refractivity contribution in [1.29, 1.82) is 0 Å². The molecule has 1 atom stereocenters. The molecule has 0 aliphatic carbocycles. The first-order valence-corrected chi connectivity index (χ1v) is 4.79. The van der Waals surface area contributed by atoms with Crippen LogP contribution in [-0.4, -0.2) is 26.3 Å². The molecule has 0 saturated carbocycles. The summed E-state index contributed by atoms with van der Waals surface area (Å²) in [5.74, 6) is 0.728. The van der Waals surface area contributed by atoms with E-state index in [-0.39, 0.29) is 0 Å². The molecule has 0 saturated heterocycles. The van der Waals surface area contributed by atoms with Crippen molar-refractivity contribution >= 4 is 0 Å². The van der Waals surface area contributed by atoms with Crippen LogP contribution in [0.2, 0.25) is 0 Å². The predicted molar refractivity (Wildman–Crippen MR) is 51.9 cm³/mol. The maximum atomic E-state index is 5.41. The second kappa shape index (κ2) is 8.97. The molecular formula is C9H22N2O. The normalized spacial score (nSPS) is 13.2. The van der Waals surface area contributed by atoms with E-state index in [0.29, 0.717) is 13.2 Å². The second-order valence-corrected chi connectivity index (χ2v) is 3.23. The molecule has 4 N–H and O–H groups in total. The highest BCUT2D eigenvalue weighted by Gasteiger charge is 2.00. The van der Waals surface area contributed by atoms with Crippen LogP contribution in [0.15, 0.2) is 0 Å². The summed E-state index contributed by atoms with van der Waals surface area (Å²) in [6.45, 7) is 5.18. The van der Waals surface area contributed by atoms with Gasteiger partial charge in [-0.25, -0.2) is 0 Å². The van der Waals surface area contributed by atoms with Crippen LogP contribution in [0.25, 0.3) is 0 Å². The van der Waals surface area contributed by atoms with Crippen molar-refractivity contribution in [3.8, 4) is 0 Å². The SMILES string of the molecule is CC(CCCN)CCOCCN. The molecule has 0 heterocycles. The number of rotatable bonds is 8. The average molecular weight is 174 g/mol. The first kappa shape index (κ1) is 11.9. The average Bonchev–Trinajstić information content (AvgIpc) is 2.09. The first-order valence-electron chi connectivity index (χ1n) is 4.79. The van der Waals surface area contributed by atoms with Crippen molar-refractivity contribution in [2.45, 2.75) is 26.2 Å². The lowest BCUT2D eigenvalue weighted by Crippen LogP contribution is -2.11. The summed E-state index contributed by atoms with van der Waals surface area (Å²) in [5.41, 5.74) is 10.7. The second-order valence-electron chi connectivity index (χ2n) is 3.23. The van der Waals surface area contributed by atoms with Crippen molar-refractivity contribution < 1.29 is 4.74 Å². The van der Waals surface area contributed by atoms with Gasteiger partial charge in [-0.1, -0.05) is 6.92 Å². The fourth-order valence-electron chi connectivity index (χ4n) is 1.08. The van der Waals surface area contributed by atoms with Crippen molar-refractivity contribution in [3.63, 3.8) is 0 Å². The molecule has 0 aromatic heterocycles. The Morgan fingerprint density at radius 3 is 2.42 bits per heavy atom. The summed E-state index contributed by atoms with van der Waals surface area (Å²) in [7, 11) is 0. The molecule has 0 aromatic rings. The Bertz CT molecular complexity index is 88.6. The van der Waals surface area contributed by atoms with Crippen molar-refractivity contribution in [2.75, 3.05) is 26.3 Å². The molecule has 0 bridgehead atoms. The van der Waals surface area contributed by atoms with Crippen LogP contribution in [0.5, 0.6) is 0 Å². The summed E-state index contributed by atoms with van der Waals surface area (Å²) in [4.78, 5) is 0. The maximum absolute atomic E-state index is 5.41. The van der Waals surface area contributed by atoms with Gasteiger partial charge in [-0.05, 0) is 31.7 Å². The van der Waals surface area contributed by atoms with Crippen LogP contribution in [0.1, 0.15) is 26.2 Å². The molecule has 0 aliphatic heterocycles. The smallest absolute Gasteiger partial charge is 0.0588 e. The standard InChI is InChI=1S/C9H22N2O/c1-9(3-2-5-10)4-7-12-8-6-11/h9H,2-8,10-11H2,1H3. The van der Waals surface area contributed by atoms with Gasteiger partial charge >= 0.3 is 0 Å². The monoisotopic (exact) mass is 174 g/mol. The van der Waals surface area contributed by atoms with Crippen LogP contribution < -0.4 is 11.5 Å². The number of hydrogen-bond acceptors (Lipinski definition) is 3. The Balaban J connectivity index is 3.02. The largest absolute Gasteiger partial charge is 0.380 e. The third-order valence-electron chi connectivity index (χ3n) is 1.92. The molecule has 0 rings (SSSR count). The molecule has 0 aromatic carbocycles. The first-order chi connectivity index (χ1) is 5.81. The van der Waals surface area contributed by atoms with Gasteiger partial charge in [0.05, 0.1) is 6.61 Å². The van der Waals surface area contributed by atoms with Gasteiger partial charge in [0.1, 0.15) is 0 Å². The summed E-state index contributed by atoms with van der Waals surface area (Å²) < 4.78 is 5.28. The van der Waals surface area contributed by atoms with Gasteiger partial charge in [0, 0.05) is 13.2 Å². The summed E-state index contributed by atoms with van der Waals surface area (Å²) >= 11 is 0. The molecule has 1 unspecified atom stereocenters. The molecule has 74 valence electrons. The van der Waals surface area contributed by atoms with Crippen molar-refractivity contribution in [1.82, 2.24) is 0 Å². The van der Waals surface area contributed by atoms with E-state index in [9.17, 15) is 0 Å². The Kier molecular flexibility index (Phi) is 8.88. The molecular weight excluding hydrogens is 152 g/mol. The van der Waals surface area contributed by atoms with Gasteiger partial charge in [-0.3, -0.25) is 0 Å². The van der Waals surface area contributed by atoms with E-state index in [1.807, 2.05) is 0 Å². The van der Waals surface area contributed by atoms with Gasteiger partial charge in [0.25, 0.3) is 0 Å². The van der Waals surface area contributed by atoms with E-state index in [4.69, 9.17) is 16.2 Å². The Hall–Kier alpha value is -0.120. The quantitative estimate of drug-likeness (QED) is 0.533. The highest BCUT2D eigenvalue weighted by molar-refractivity contribution is 4.53. The zero-order valence-corrected chi connectivity index (χ0v) is 8.09. The molecule has 3 heteroatoms. The zero-order valence-electron chi connectivity index (χ0n) is 8.09. The number of nitrogens with two attached hydrogens (primary N) is 2. The molecule has 12 heavy (non-hydrogen) atoms. The minimum Gasteiger partial charge on any atom is -0.380 e. The van der Waals surface area contributed by atoms with Crippen molar-refractivity contribution in [2.24, 2.45) is 17.4 Å². The highest BCUT2D eigenvalue weighted by Crippen LogP contribution is 2.08. The van der Waals surface area contributed by atoms with E-state index < -0.39 is 0 Å². The van der Waals surface area contributed by atoms with E-state index >= 15 is 0 Å². The molecule has 0 spiro atoms. The summed E-state index contributed by atoms with van der Waals surface area (Å²) in [6.07, 6.45) is 3.46. The highest BCUT2D eigenvalue weighted by atomic mass is 16.5. The lowest BCUT2D eigenvalue weighted by atomic mass is 10.0.